The maximum atomic E-state index is 12.2. The number of aromatic nitrogens is 1. The van der Waals surface area contributed by atoms with Crippen molar-refractivity contribution >= 4 is 34.0 Å². The number of amides is 1. The molecule has 0 radical (unpaired) electrons. The van der Waals surface area contributed by atoms with Gasteiger partial charge >= 0.3 is 0 Å². The van der Waals surface area contributed by atoms with Crippen LogP contribution in [0.5, 0.6) is 0 Å². The molecule has 2 heterocycles. The SMILES string of the molecule is C[C@@H]1CN(Cc2csc(NC(=O)c3ccc(Cl)cc3)n2)C[C@H](C)O1. The highest BCUT2D eigenvalue weighted by molar-refractivity contribution is 7.13. The first kappa shape index (κ1) is 17.4. The van der Waals surface area contributed by atoms with E-state index in [0.717, 1.165) is 25.3 Å². The smallest absolute Gasteiger partial charge is 0.257 e. The summed E-state index contributed by atoms with van der Waals surface area (Å²) in [6, 6.07) is 6.79. The number of carbonyl (C=O) groups excluding carboxylic acids is 1. The monoisotopic (exact) mass is 365 g/mol. The molecule has 1 aromatic carbocycles. The van der Waals surface area contributed by atoms with Gasteiger partial charge in [0, 0.05) is 35.6 Å². The van der Waals surface area contributed by atoms with E-state index in [1.54, 1.807) is 24.3 Å². The van der Waals surface area contributed by atoms with Crippen molar-refractivity contribution in [3.05, 3.63) is 45.9 Å². The van der Waals surface area contributed by atoms with Gasteiger partial charge in [0.05, 0.1) is 17.9 Å². The molecule has 1 aromatic heterocycles. The summed E-state index contributed by atoms with van der Waals surface area (Å²) in [5.74, 6) is -0.179. The predicted molar refractivity (Wildman–Crippen MR) is 96.8 cm³/mol. The molecule has 1 fully saturated rings. The number of hydrogen-bond donors (Lipinski definition) is 1. The van der Waals surface area contributed by atoms with Gasteiger partial charge in [0.1, 0.15) is 0 Å². The summed E-state index contributed by atoms with van der Waals surface area (Å²) in [4.78, 5) is 19.0. The van der Waals surface area contributed by atoms with E-state index in [4.69, 9.17) is 16.3 Å². The number of nitrogens with zero attached hydrogens (tertiary/aromatic N) is 2. The van der Waals surface area contributed by atoms with Crippen molar-refractivity contribution < 1.29 is 9.53 Å². The van der Waals surface area contributed by atoms with Gasteiger partial charge in [-0.25, -0.2) is 4.98 Å². The van der Waals surface area contributed by atoms with Crippen LogP contribution >= 0.6 is 22.9 Å². The van der Waals surface area contributed by atoms with Crippen LogP contribution in [0, 0.1) is 0 Å². The normalized spacial score (nSPS) is 21.6. The van der Waals surface area contributed by atoms with E-state index < -0.39 is 0 Å². The van der Waals surface area contributed by atoms with Crippen molar-refractivity contribution in [2.24, 2.45) is 0 Å². The largest absolute Gasteiger partial charge is 0.373 e. The van der Waals surface area contributed by atoms with E-state index in [1.165, 1.54) is 11.3 Å². The number of nitrogens with one attached hydrogen (secondary N) is 1. The number of hydrogen-bond acceptors (Lipinski definition) is 5. The molecule has 0 aliphatic carbocycles. The van der Waals surface area contributed by atoms with Crippen LogP contribution in [0.1, 0.15) is 29.9 Å². The third-order valence-corrected chi connectivity index (χ3v) is 4.82. The summed E-state index contributed by atoms with van der Waals surface area (Å²) in [5, 5.41) is 6.04. The van der Waals surface area contributed by atoms with Crippen LogP contribution in [0.3, 0.4) is 0 Å². The Labute approximate surface area is 150 Å². The molecule has 0 spiro atoms. The molecular formula is C17H20ClN3O2S. The maximum absolute atomic E-state index is 12.2. The van der Waals surface area contributed by atoms with E-state index in [1.807, 2.05) is 5.38 Å². The number of carbonyl (C=O) groups is 1. The summed E-state index contributed by atoms with van der Waals surface area (Å²) >= 11 is 7.28. The van der Waals surface area contributed by atoms with E-state index in [2.05, 4.69) is 29.0 Å². The molecule has 128 valence electrons. The third kappa shape index (κ3) is 4.54. The van der Waals surface area contributed by atoms with Crippen LogP contribution < -0.4 is 5.32 Å². The Balaban J connectivity index is 1.59. The Hall–Kier alpha value is -1.47. The first-order valence-corrected chi connectivity index (χ1v) is 9.14. The quantitative estimate of drug-likeness (QED) is 0.898. The van der Waals surface area contributed by atoms with Crippen molar-refractivity contribution in [2.45, 2.75) is 32.6 Å². The van der Waals surface area contributed by atoms with Crippen molar-refractivity contribution in [3.8, 4) is 0 Å². The zero-order chi connectivity index (χ0) is 17.1. The topological polar surface area (TPSA) is 54.5 Å². The molecule has 7 heteroatoms. The number of halogens is 1. The summed E-state index contributed by atoms with van der Waals surface area (Å²) in [6.07, 6.45) is 0.466. The molecular weight excluding hydrogens is 346 g/mol. The highest BCUT2D eigenvalue weighted by Gasteiger charge is 2.22. The van der Waals surface area contributed by atoms with Crippen molar-refractivity contribution in [1.82, 2.24) is 9.88 Å². The van der Waals surface area contributed by atoms with E-state index >= 15 is 0 Å². The van der Waals surface area contributed by atoms with Crippen LogP contribution in [0.15, 0.2) is 29.6 Å². The summed E-state index contributed by atoms with van der Waals surface area (Å²) in [7, 11) is 0. The lowest BCUT2D eigenvalue weighted by Gasteiger charge is -2.34. The Kier molecular flexibility index (Phi) is 5.50. The van der Waals surface area contributed by atoms with Gasteiger partial charge in [-0.1, -0.05) is 11.6 Å². The molecule has 0 saturated carbocycles. The zero-order valence-corrected chi connectivity index (χ0v) is 15.2. The molecule has 0 bridgehead atoms. The van der Waals surface area contributed by atoms with Gasteiger partial charge in [0.15, 0.2) is 5.13 Å². The Morgan fingerprint density at radius 1 is 1.33 bits per heavy atom. The van der Waals surface area contributed by atoms with Gasteiger partial charge in [-0.3, -0.25) is 15.0 Å². The molecule has 1 saturated heterocycles. The molecule has 1 aliphatic heterocycles. The molecule has 3 rings (SSSR count). The molecule has 1 amide bonds. The van der Waals surface area contributed by atoms with Gasteiger partial charge < -0.3 is 4.74 Å². The molecule has 0 unspecified atom stereocenters. The number of ether oxygens (including phenoxy) is 1. The molecule has 1 aliphatic rings. The van der Waals surface area contributed by atoms with Gasteiger partial charge in [-0.15, -0.1) is 11.3 Å². The summed E-state index contributed by atoms with van der Waals surface area (Å²) in [5.41, 5.74) is 1.53. The molecule has 24 heavy (non-hydrogen) atoms. The predicted octanol–water partition coefficient (Wildman–Crippen LogP) is 3.66. The van der Waals surface area contributed by atoms with E-state index in [-0.39, 0.29) is 18.1 Å². The van der Waals surface area contributed by atoms with Crippen LogP contribution in [-0.4, -0.2) is 41.1 Å². The van der Waals surface area contributed by atoms with Crippen molar-refractivity contribution in [3.63, 3.8) is 0 Å². The van der Waals surface area contributed by atoms with Gasteiger partial charge in [-0.05, 0) is 38.1 Å². The maximum Gasteiger partial charge on any atom is 0.257 e. The van der Waals surface area contributed by atoms with E-state index in [9.17, 15) is 4.79 Å². The number of morpholine rings is 1. The Morgan fingerprint density at radius 2 is 2.00 bits per heavy atom. The average molecular weight is 366 g/mol. The van der Waals surface area contributed by atoms with E-state index in [0.29, 0.717) is 15.7 Å². The molecule has 2 atom stereocenters. The second-order valence-electron chi connectivity index (χ2n) is 6.06. The minimum atomic E-state index is -0.179. The molecule has 5 nitrogen and oxygen atoms in total. The number of benzene rings is 1. The first-order valence-electron chi connectivity index (χ1n) is 7.89. The van der Waals surface area contributed by atoms with Gasteiger partial charge in [0.2, 0.25) is 0 Å². The molecule has 1 N–H and O–H groups in total. The number of rotatable bonds is 4. The minimum Gasteiger partial charge on any atom is -0.373 e. The lowest BCUT2D eigenvalue weighted by atomic mass is 10.2. The fraction of sp³-hybridized carbons (Fsp3) is 0.412. The minimum absolute atomic E-state index is 0.179. The Bertz CT molecular complexity index is 694. The van der Waals surface area contributed by atoms with Crippen molar-refractivity contribution in [2.75, 3.05) is 18.4 Å². The highest BCUT2D eigenvalue weighted by atomic mass is 35.5. The van der Waals surface area contributed by atoms with Gasteiger partial charge in [-0.2, -0.15) is 0 Å². The van der Waals surface area contributed by atoms with Gasteiger partial charge in [0.25, 0.3) is 5.91 Å². The summed E-state index contributed by atoms with van der Waals surface area (Å²) < 4.78 is 5.74. The van der Waals surface area contributed by atoms with Crippen LogP contribution in [0.25, 0.3) is 0 Å². The van der Waals surface area contributed by atoms with Crippen LogP contribution in [0.4, 0.5) is 5.13 Å². The second-order valence-corrected chi connectivity index (χ2v) is 7.35. The number of thiazole rings is 1. The first-order chi connectivity index (χ1) is 11.5. The lowest BCUT2D eigenvalue weighted by Crippen LogP contribution is -2.44. The average Bonchev–Trinajstić information content (AvgIpc) is 2.93. The summed E-state index contributed by atoms with van der Waals surface area (Å²) in [6.45, 7) is 6.73. The zero-order valence-electron chi connectivity index (χ0n) is 13.7. The van der Waals surface area contributed by atoms with Crippen LogP contribution in [-0.2, 0) is 11.3 Å². The standard InChI is InChI=1S/C17H20ClN3O2S/c1-11-7-21(8-12(2)23-11)9-15-10-24-17(19-15)20-16(22)13-3-5-14(18)6-4-13/h3-6,10-12H,7-9H2,1-2H3,(H,19,20,22)/t11-,12+. The Morgan fingerprint density at radius 3 is 2.67 bits per heavy atom. The van der Waals surface area contributed by atoms with Crippen molar-refractivity contribution in [1.29, 1.82) is 0 Å². The highest BCUT2D eigenvalue weighted by Crippen LogP contribution is 2.20. The second kappa shape index (κ2) is 7.61. The third-order valence-electron chi connectivity index (χ3n) is 3.76. The number of anilines is 1. The molecule has 2 aromatic rings. The lowest BCUT2D eigenvalue weighted by molar-refractivity contribution is -0.0707. The fourth-order valence-corrected chi connectivity index (χ4v) is 3.67. The van der Waals surface area contributed by atoms with Crippen LogP contribution in [0.2, 0.25) is 5.02 Å². The fourth-order valence-electron chi connectivity index (χ4n) is 2.85.